The van der Waals surface area contributed by atoms with E-state index in [0.29, 0.717) is 43.1 Å². The molecule has 6 nitrogen and oxygen atoms in total. The van der Waals surface area contributed by atoms with Gasteiger partial charge in [-0.3, -0.25) is 9.69 Å². The first-order valence-corrected chi connectivity index (χ1v) is 12.7. The van der Waals surface area contributed by atoms with Crippen molar-refractivity contribution in [1.82, 2.24) is 4.90 Å². The Morgan fingerprint density at radius 3 is 2.58 bits per heavy atom. The third-order valence-electron chi connectivity index (χ3n) is 5.17. The number of amidine groups is 1. The number of amides is 1. The van der Waals surface area contributed by atoms with Gasteiger partial charge in [0.25, 0.3) is 5.91 Å². The highest BCUT2D eigenvalue weighted by molar-refractivity contribution is 8.18. The maximum atomic E-state index is 13.0. The largest absolute Gasteiger partial charge is 0.487 e. The standard InChI is InChI=1S/C26H19Cl3N2O4S/c1-2-31-24(32)23(36-26(31)30-19-5-3-4-16(12-19)25(33)34)11-15-6-9-22(21(29)10-15)35-14-17-7-8-18(27)13-20(17)28/h3-13H,2,14H2,1H3,(H,33,34)/b23-11-,30-26?. The van der Waals surface area contributed by atoms with Gasteiger partial charge < -0.3 is 9.84 Å². The first kappa shape index (κ1) is 26.1. The van der Waals surface area contributed by atoms with Gasteiger partial charge in [-0.2, -0.15) is 0 Å². The first-order valence-electron chi connectivity index (χ1n) is 10.7. The molecule has 0 aromatic heterocycles. The molecule has 0 atom stereocenters. The van der Waals surface area contributed by atoms with Gasteiger partial charge in [-0.15, -0.1) is 0 Å². The molecule has 36 heavy (non-hydrogen) atoms. The van der Waals surface area contributed by atoms with Gasteiger partial charge in [0.15, 0.2) is 5.17 Å². The Morgan fingerprint density at radius 2 is 1.89 bits per heavy atom. The van der Waals surface area contributed by atoms with Crippen molar-refractivity contribution in [1.29, 1.82) is 0 Å². The third-order valence-corrected chi connectivity index (χ3v) is 7.06. The van der Waals surface area contributed by atoms with Crippen LogP contribution >= 0.6 is 46.6 Å². The molecule has 3 aromatic carbocycles. The van der Waals surface area contributed by atoms with Gasteiger partial charge in [0.1, 0.15) is 12.4 Å². The minimum atomic E-state index is -1.04. The van der Waals surface area contributed by atoms with Crippen molar-refractivity contribution in [2.24, 2.45) is 4.99 Å². The predicted molar refractivity (Wildman–Crippen MR) is 146 cm³/mol. The van der Waals surface area contributed by atoms with Crippen molar-refractivity contribution in [3.8, 4) is 5.75 Å². The lowest BCUT2D eigenvalue weighted by Crippen LogP contribution is -2.28. The van der Waals surface area contributed by atoms with E-state index in [4.69, 9.17) is 39.5 Å². The molecule has 0 spiro atoms. The number of hydrogen-bond acceptors (Lipinski definition) is 5. The van der Waals surface area contributed by atoms with Crippen LogP contribution in [-0.4, -0.2) is 33.6 Å². The average molecular weight is 562 g/mol. The first-order chi connectivity index (χ1) is 17.2. The number of nitrogens with zero attached hydrogens (tertiary/aromatic N) is 2. The summed E-state index contributed by atoms with van der Waals surface area (Å²) in [5, 5.41) is 11.1. The fourth-order valence-corrected chi connectivity index (χ4v) is 5.13. The number of rotatable bonds is 7. The minimum absolute atomic E-state index is 0.125. The monoisotopic (exact) mass is 560 g/mol. The molecule has 0 unspecified atom stereocenters. The second-order valence-corrected chi connectivity index (χ2v) is 9.88. The van der Waals surface area contributed by atoms with Crippen molar-refractivity contribution in [2.45, 2.75) is 13.5 Å². The van der Waals surface area contributed by atoms with Gasteiger partial charge >= 0.3 is 5.97 Å². The summed E-state index contributed by atoms with van der Waals surface area (Å²) in [5.74, 6) is -0.754. The molecule has 3 aromatic rings. The average Bonchev–Trinajstić information content (AvgIpc) is 3.13. The third kappa shape index (κ3) is 6.05. The number of thioether (sulfide) groups is 1. The van der Waals surface area contributed by atoms with Gasteiger partial charge in [-0.1, -0.05) is 53.0 Å². The number of ether oxygens (including phenoxy) is 1. The Balaban J connectivity index is 1.52. The summed E-state index contributed by atoms with van der Waals surface area (Å²) < 4.78 is 5.81. The highest BCUT2D eigenvalue weighted by Gasteiger charge is 2.32. The van der Waals surface area contributed by atoms with E-state index in [-0.39, 0.29) is 18.1 Å². The molecule has 1 fully saturated rings. The van der Waals surface area contributed by atoms with E-state index < -0.39 is 5.97 Å². The molecule has 0 saturated carbocycles. The molecule has 1 aliphatic heterocycles. The Hall–Kier alpha value is -2.97. The summed E-state index contributed by atoms with van der Waals surface area (Å²) in [5.41, 5.74) is 2.07. The molecule has 1 amide bonds. The van der Waals surface area contributed by atoms with Crippen molar-refractivity contribution in [3.63, 3.8) is 0 Å². The van der Waals surface area contributed by atoms with Crippen LogP contribution in [0.15, 0.2) is 70.6 Å². The highest BCUT2D eigenvalue weighted by atomic mass is 35.5. The van der Waals surface area contributed by atoms with Gasteiger partial charge in [0, 0.05) is 22.2 Å². The molecule has 1 N–H and O–H groups in total. The van der Waals surface area contributed by atoms with Crippen LogP contribution in [0.25, 0.3) is 6.08 Å². The van der Waals surface area contributed by atoms with Crippen LogP contribution in [-0.2, 0) is 11.4 Å². The van der Waals surface area contributed by atoms with E-state index >= 15 is 0 Å². The van der Waals surface area contributed by atoms with Crippen molar-refractivity contribution < 1.29 is 19.4 Å². The minimum Gasteiger partial charge on any atom is -0.487 e. The van der Waals surface area contributed by atoms with E-state index in [1.807, 2.05) is 6.92 Å². The smallest absolute Gasteiger partial charge is 0.335 e. The van der Waals surface area contributed by atoms with Gasteiger partial charge in [-0.25, -0.2) is 9.79 Å². The summed E-state index contributed by atoms with van der Waals surface area (Å²) >= 11 is 19.8. The number of carboxylic acid groups (broad SMARTS) is 1. The topological polar surface area (TPSA) is 79.2 Å². The number of carbonyl (C=O) groups is 2. The zero-order chi connectivity index (χ0) is 25.8. The Morgan fingerprint density at radius 1 is 1.08 bits per heavy atom. The Labute approximate surface area is 227 Å². The predicted octanol–water partition coefficient (Wildman–Crippen LogP) is 7.55. The molecule has 1 saturated heterocycles. The van der Waals surface area contributed by atoms with E-state index in [2.05, 4.69) is 4.99 Å². The number of halogens is 3. The maximum absolute atomic E-state index is 13.0. The summed E-state index contributed by atoms with van der Waals surface area (Å²) in [6, 6.07) is 16.7. The lowest BCUT2D eigenvalue weighted by Gasteiger charge is -2.12. The number of carboxylic acids is 1. The van der Waals surface area contributed by atoms with Crippen LogP contribution in [0.3, 0.4) is 0 Å². The zero-order valence-electron chi connectivity index (χ0n) is 18.9. The quantitative estimate of drug-likeness (QED) is 0.301. The number of hydrogen-bond donors (Lipinski definition) is 1. The van der Waals surface area contributed by atoms with Gasteiger partial charge in [0.05, 0.1) is 21.2 Å². The van der Waals surface area contributed by atoms with E-state index in [0.717, 1.165) is 11.1 Å². The maximum Gasteiger partial charge on any atom is 0.335 e. The van der Waals surface area contributed by atoms with Crippen molar-refractivity contribution >= 4 is 75.4 Å². The van der Waals surface area contributed by atoms with Gasteiger partial charge in [0.2, 0.25) is 0 Å². The van der Waals surface area contributed by atoms with Crippen molar-refractivity contribution in [2.75, 3.05) is 6.54 Å². The lowest BCUT2D eigenvalue weighted by molar-refractivity contribution is -0.122. The fraction of sp³-hybridized carbons (Fsp3) is 0.115. The second-order valence-electron chi connectivity index (χ2n) is 7.62. The number of aromatic carboxylic acids is 1. The fourth-order valence-electron chi connectivity index (χ4n) is 3.36. The zero-order valence-corrected chi connectivity index (χ0v) is 22.0. The summed E-state index contributed by atoms with van der Waals surface area (Å²) in [4.78, 5) is 30.7. The van der Waals surface area contributed by atoms with E-state index in [9.17, 15) is 14.7 Å². The molecule has 0 bridgehead atoms. The van der Waals surface area contributed by atoms with Gasteiger partial charge in [-0.05, 0) is 72.8 Å². The number of carbonyl (C=O) groups excluding carboxylic acids is 1. The van der Waals surface area contributed by atoms with Crippen LogP contribution in [0.1, 0.15) is 28.4 Å². The van der Waals surface area contributed by atoms with Crippen LogP contribution in [0.4, 0.5) is 5.69 Å². The molecule has 0 radical (unpaired) electrons. The molecule has 10 heteroatoms. The lowest BCUT2D eigenvalue weighted by atomic mass is 10.2. The second kappa shape index (κ2) is 11.4. The number of benzene rings is 3. The Bertz CT molecular complexity index is 1410. The van der Waals surface area contributed by atoms with Crippen LogP contribution in [0.2, 0.25) is 15.1 Å². The molecule has 1 aliphatic rings. The SMILES string of the molecule is CCN1C(=O)/C(=C/c2ccc(OCc3ccc(Cl)cc3Cl)c(Cl)c2)SC1=Nc1cccc(C(=O)O)c1. The van der Waals surface area contributed by atoms with Crippen LogP contribution < -0.4 is 4.74 Å². The molecule has 4 rings (SSSR count). The number of likely N-dealkylation sites (N-methyl/N-ethyl adjacent to an activating group) is 1. The number of aliphatic imine (C=N–C) groups is 1. The normalized spacial score (nSPS) is 15.7. The van der Waals surface area contributed by atoms with Crippen molar-refractivity contribution in [3.05, 3.63) is 97.3 Å². The Kier molecular flexibility index (Phi) is 8.26. The molecule has 1 heterocycles. The molecule has 184 valence electrons. The van der Waals surface area contributed by atoms with E-state index in [1.54, 1.807) is 59.5 Å². The van der Waals surface area contributed by atoms with E-state index in [1.165, 1.54) is 23.9 Å². The molecular weight excluding hydrogens is 543 g/mol. The highest BCUT2D eigenvalue weighted by Crippen LogP contribution is 2.35. The summed E-state index contributed by atoms with van der Waals surface area (Å²) in [6.07, 6.45) is 1.73. The van der Waals surface area contributed by atoms with Crippen LogP contribution in [0.5, 0.6) is 5.75 Å². The molecule has 0 aliphatic carbocycles. The summed E-state index contributed by atoms with van der Waals surface area (Å²) in [6.45, 7) is 2.49. The van der Waals surface area contributed by atoms with Crippen LogP contribution in [0, 0.1) is 0 Å². The summed E-state index contributed by atoms with van der Waals surface area (Å²) in [7, 11) is 0. The molecular formula is C26H19Cl3N2O4S.